The van der Waals surface area contributed by atoms with Crippen LogP contribution < -0.4 is 5.32 Å². The van der Waals surface area contributed by atoms with Crippen molar-refractivity contribution in [1.29, 1.82) is 0 Å². The van der Waals surface area contributed by atoms with Crippen molar-refractivity contribution in [1.82, 2.24) is 9.97 Å². The maximum absolute atomic E-state index is 11.8. The van der Waals surface area contributed by atoms with E-state index in [9.17, 15) is 4.79 Å². The van der Waals surface area contributed by atoms with Gasteiger partial charge in [-0.2, -0.15) is 0 Å². The molecule has 6 heteroatoms. The van der Waals surface area contributed by atoms with E-state index in [1.807, 2.05) is 6.07 Å². The van der Waals surface area contributed by atoms with E-state index in [-0.39, 0.29) is 22.6 Å². The topological polar surface area (TPSA) is 54.9 Å². The number of rotatable bonds is 0. The molecule has 0 atom stereocenters. The lowest BCUT2D eigenvalue weighted by Gasteiger charge is -2.10. The Labute approximate surface area is 113 Å². The predicted molar refractivity (Wildman–Crippen MR) is 69.8 cm³/mol. The summed E-state index contributed by atoms with van der Waals surface area (Å²) in [6.07, 6.45) is 1.85. The quantitative estimate of drug-likeness (QED) is 0.755. The summed E-state index contributed by atoms with van der Waals surface area (Å²) in [5.74, 6) is -0.146. The Morgan fingerprint density at radius 2 is 2.17 bits per heavy atom. The summed E-state index contributed by atoms with van der Waals surface area (Å²) in [5, 5.41) is 3.26. The van der Waals surface area contributed by atoms with Gasteiger partial charge in [0.2, 0.25) is 5.91 Å². The second-order valence-corrected chi connectivity index (χ2v) is 4.63. The van der Waals surface area contributed by atoms with E-state index in [2.05, 4.69) is 15.3 Å². The molecule has 0 bridgehead atoms. The molecular formula is C12H7Cl2N3O. The molecule has 1 aliphatic rings. The Morgan fingerprint density at radius 1 is 1.33 bits per heavy atom. The minimum atomic E-state index is -0.146. The molecule has 0 aromatic carbocycles. The number of anilines is 1. The molecule has 90 valence electrons. The molecule has 0 spiro atoms. The Balaban J connectivity index is 2.35. The SMILES string of the molecule is O=C1Cc2ncccc2-c2c(cc(Cl)nc2Cl)N1. The highest BCUT2D eigenvalue weighted by Gasteiger charge is 2.22. The molecule has 1 N–H and O–H groups in total. The molecule has 1 aliphatic heterocycles. The second-order valence-electron chi connectivity index (χ2n) is 3.88. The number of carbonyl (C=O) groups is 1. The van der Waals surface area contributed by atoms with E-state index in [1.165, 1.54) is 0 Å². The molecule has 18 heavy (non-hydrogen) atoms. The van der Waals surface area contributed by atoms with Crippen LogP contribution in [0.2, 0.25) is 10.3 Å². The molecule has 0 aliphatic carbocycles. The summed E-state index contributed by atoms with van der Waals surface area (Å²) >= 11 is 12.0. The predicted octanol–water partition coefficient (Wildman–Crippen LogP) is 2.95. The Morgan fingerprint density at radius 3 is 3.00 bits per heavy atom. The number of amides is 1. The van der Waals surface area contributed by atoms with Crippen molar-refractivity contribution in [2.75, 3.05) is 5.32 Å². The van der Waals surface area contributed by atoms with Gasteiger partial charge in [-0.15, -0.1) is 0 Å². The van der Waals surface area contributed by atoms with E-state index >= 15 is 0 Å². The third kappa shape index (κ3) is 1.83. The molecule has 0 unspecified atom stereocenters. The van der Waals surface area contributed by atoms with E-state index < -0.39 is 0 Å². The fourth-order valence-corrected chi connectivity index (χ4v) is 2.52. The normalized spacial score (nSPS) is 13.3. The van der Waals surface area contributed by atoms with Crippen LogP contribution in [0.4, 0.5) is 5.69 Å². The fraction of sp³-hybridized carbons (Fsp3) is 0.0833. The number of nitrogens with one attached hydrogen (secondary N) is 1. The van der Waals surface area contributed by atoms with Gasteiger partial charge in [0.05, 0.1) is 17.8 Å². The van der Waals surface area contributed by atoms with Gasteiger partial charge < -0.3 is 5.32 Å². The number of nitrogens with zero attached hydrogens (tertiary/aromatic N) is 2. The first-order valence-electron chi connectivity index (χ1n) is 5.25. The van der Waals surface area contributed by atoms with Crippen molar-refractivity contribution in [3.8, 4) is 11.1 Å². The van der Waals surface area contributed by atoms with Gasteiger partial charge in [0.15, 0.2) is 0 Å². The summed E-state index contributed by atoms with van der Waals surface area (Å²) in [7, 11) is 0. The summed E-state index contributed by atoms with van der Waals surface area (Å²) in [5.41, 5.74) is 2.71. The van der Waals surface area contributed by atoms with Crippen molar-refractivity contribution in [2.24, 2.45) is 0 Å². The molecule has 1 amide bonds. The van der Waals surface area contributed by atoms with Gasteiger partial charge in [0, 0.05) is 17.3 Å². The first-order valence-corrected chi connectivity index (χ1v) is 6.01. The summed E-state index contributed by atoms with van der Waals surface area (Å²) in [6, 6.07) is 5.25. The van der Waals surface area contributed by atoms with Crippen molar-refractivity contribution in [2.45, 2.75) is 6.42 Å². The summed E-state index contributed by atoms with van der Waals surface area (Å²) < 4.78 is 0. The van der Waals surface area contributed by atoms with Crippen molar-refractivity contribution < 1.29 is 4.79 Å². The van der Waals surface area contributed by atoms with Gasteiger partial charge in [-0.3, -0.25) is 9.78 Å². The van der Waals surface area contributed by atoms with Crippen LogP contribution in [0.15, 0.2) is 24.4 Å². The number of carbonyl (C=O) groups excluding carboxylic acids is 1. The van der Waals surface area contributed by atoms with Gasteiger partial charge >= 0.3 is 0 Å². The highest BCUT2D eigenvalue weighted by atomic mass is 35.5. The van der Waals surface area contributed by atoms with Crippen LogP contribution in [0.5, 0.6) is 0 Å². The number of hydrogen-bond acceptors (Lipinski definition) is 3. The zero-order valence-corrected chi connectivity index (χ0v) is 10.6. The van der Waals surface area contributed by atoms with E-state index in [0.29, 0.717) is 16.9 Å². The smallest absolute Gasteiger partial charge is 0.230 e. The van der Waals surface area contributed by atoms with Crippen molar-refractivity contribution in [3.63, 3.8) is 0 Å². The fourth-order valence-electron chi connectivity index (χ4n) is 1.99. The van der Waals surface area contributed by atoms with Crippen LogP contribution in [-0.4, -0.2) is 15.9 Å². The Hall–Kier alpha value is -1.65. The average Bonchev–Trinajstić information content (AvgIpc) is 2.43. The van der Waals surface area contributed by atoms with Crippen LogP contribution in [0.25, 0.3) is 11.1 Å². The average molecular weight is 280 g/mol. The van der Waals surface area contributed by atoms with Crippen LogP contribution in [0.3, 0.4) is 0 Å². The molecule has 0 fully saturated rings. The molecule has 3 rings (SSSR count). The third-order valence-electron chi connectivity index (χ3n) is 2.71. The summed E-state index contributed by atoms with van der Waals surface area (Å²) in [6.45, 7) is 0. The first-order chi connectivity index (χ1) is 8.65. The minimum Gasteiger partial charge on any atom is -0.325 e. The maximum atomic E-state index is 11.8. The molecule has 0 saturated heterocycles. The third-order valence-corrected chi connectivity index (χ3v) is 3.17. The molecular weight excluding hydrogens is 273 g/mol. The van der Waals surface area contributed by atoms with E-state index in [4.69, 9.17) is 23.2 Å². The van der Waals surface area contributed by atoms with Crippen LogP contribution >= 0.6 is 23.2 Å². The molecule has 0 radical (unpaired) electrons. The standard InChI is InChI=1S/C12H7Cl2N3O/c13-9-4-8-11(12(14)17-9)6-2-1-3-15-7(6)5-10(18)16-8/h1-4H,5H2,(H,16,18). The lowest BCUT2D eigenvalue weighted by Crippen LogP contribution is -2.13. The number of fused-ring (bicyclic) bond motifs is 3. The monoisotopic (exact) mass is 279 g/mol. The highest BCUT2D eigenvalue weighted by Crippen LogP contribution is 2.38. The lowest BCUT2D eigenvalue weighted by molar-refractivity contribution is -0.115. The van der Waals surface area contributed by atoms with Crippen LogP contribution in [-0.2, 0) is 11.2 Å². The number of halogens is 2. The van der Waals surface area contributed by atoms with Crippen LogP contribution in [0, 0.1) is 0 Å². The van der Waals surface area contributed by atoms with Gasteiger partial charge in [-0.25, -0.2) is 4.98 Å². The Bertz CT molecular complexity index is 658. The van der Waals surface area contributed by atoms with Gasteiger partial charge in [0.25, 0.3) is 0 Å². The summed E-state index contributed by atoms with van der Waals surface area (Å²) in [4.78, 5) is 20.0. The molecule has 4 nitrogen and oxygen atoms in total. The molecule has 2 aromatic rings. The largest absolute Gasteiger partial charge is 0.325 e. The highest BCUT2D eigenvalue weighted by molar-refractivity contribution is 6.35. The van der Waals surface area contributed by atoms with Gasteiger partial charge in [-0.05, 0) is 12.1 Å². The number of pyridine rings is 2. The molecule has 0 saturated carbocycles. The van der Waals surface area contributed by atoms with Gasteiger partial charge in [0.1, 0.15) is 10.3 Å². The van der Waals surface area contributed by atoms with Crippen molar-refractivity contribution in [3.05, 3.63) is 40.4 Å². The number of aromatic nitrogens is 2. The first kappa shape index (κ1) is 11.4. The lowest BCUT2D eigenvalue weighted by atomic mass is 10.0. The zero-order chi connectivity index (χ0) is 12.7. The Kier molecular flexibility index (Phi) is 2.69. The maximum Gasteiger partial charge on any atom is 0.230 e. The number of hydrogen-bond donors (Lipinski definition) is 1. The molecule has 2 aromatic heterocycles. The van der Waals surface area contributed by atoms with E-state index in [0.717, 1.165) is 5.56 Å². The van der Waals surface area contributed by atoms with Crippen LogP contribution in [0.1, 0.15) is 5.69 Å². The van der Waals surface area contributed by atoms with Crippen molar-refractivity contribution >= 4 is 34.8 Å². The van der Waals surface area contributed by atoms with Gasteiger partial charge in [-0.1, -0.05) is 29.3 Å². The minimum absolute atomic E-state index is 0.146. The van der Waals surface area contributed by atoms with E-state index in [1.54, 1.807) is 18.3 Å². The molecule has 3 heterocycles. The second kappa shape index (κ2) is 4.23. The zero-order valence-electron chi connectivity index (χ0n) is 9.08.